The molecule has 0 amide bonds. The fraction of sp³-hybridized carbons (Fsp3) is 0.0909. The minimum absolute atomic E-state index is 0.0584. The minimum Gasteiger partial charge on any atom is -0.326 e. The number of anilines is 1. The van der Waals surface area contributed by atoms with Gasteiger partial charge in [0.1, 0.15) is 0 Å². The number of nitrogens with zero attached hydrogens (tertiary/aromatic N) is 1. The Morgan fingerprint density at radius 3 is 2.64 bits per heavy atom. The van der Waals surface area contributed by atoms with Crippen LogP contribution in [-0.4, -0.2) is 10.8 Å². The third-order valence-corrected chi connectivity index (χ3v) is 6.45. The molecule has 0 saturated carbocycles. The molecule has 0 aliphatic rings. The topological polar surface area (TPSA) is 42.0 Å². The standard InChI is InChI=1S/C22H17ClN2OS2/c1-13-5-3-4-6-17(13)22(26)18-9-8-16(12-19(18)23)28-25-15-7-10-21-20(11-15)24-14(2)27-21/h3-12,25H,1-2H3. The first kappa shape index (κ1) is 19.0. The molecule has 3 aromatic carbocycles. The second-order valence-electron chi connectivity index (χ2n) is 6.41. The molecule has 0 fully saturated rings. The molecule has 140 valence electrons. The van der Waals surface area contributed by atoms with Crippen molar-refractivity contribution in [3.63, 3.8) is 0 Å². The Balaban J connectivity index is 1.51. The van der Waals surface area contributed by atoms with Crippen molar-refractivity contribution < 1.29 is 4.79 Å². The summed E-state index contributed by atoms with van der Waals surface area (Å²) in [6.07, 6.45) is 0. The first-order chi connectivity index (χ1) is 13.5. The van der Waals surface area contributed by atoms with Gasteiger partial charge in [0.15, 0.2) is 5.78 Å². The molecule has 0 unspecified atom stereocenters. The summed E-state index contributed by atoms with van der Waals surface area (Å²) < 4.78 is 4.49. The lowest BCUT2D eigenvalue weighted by molar-refractivity contribution is 0.103. The van der Waals surface area contributed by atoms with E-state index in [1.54, 1.807) is 17.4 Å². The lowest BCUT2D eigenvalue weighted by atomic mass is 9.99. The van der Waals surface area contributed by atoms with E-state index < -0.39 is 0 Å². The highest BCUT2D eigenvalue weighted by atomic mass is 35.5. The molecular weight excluding hydrogens is 408 g/mol. The van der Waals surface area contributed by atoms with Crippen molar-refractivity contribution in [3.05, 3.63) is 87.4 Å². The Bertz CT molecular complexity index is 1190. The number of nitrogens with one attached hydrogen (secondary N) is 1. The monoisotopic (exact) mass is 424 g/mol. The highest BCUT2D eigenvalue weighted by molar-refractivity contribution is 8.00. The van der Waals surface area contributed by atoms with Crippen LogP contribution in [0.25, 0.3) is 10.2 Å². The summed E-state index contributed by atoms with van der Waals surface area (Å²) >= 11 is 9.56. The Hall–Kier alpha value is -2.34. The molecular formula is C22H17ClN2OS2. The maximum absolute atomic E-state index is 12.8. The number of carbonyl (C=O) groups excluding carboxylic acids is 1. The number of ketones is 1. The molecule has 0 atom stereocenters. The molecule has 6 heteroatoms. The number of aromatic nitrogens is 1. The van der Waals surface area contributed by atoms with E-state index in [0.29, 0.717) is 16.1 Å². The van der Waals surface area contributed by atoms with Crippen molar-refractivity contribution in [2.75, 3.05) is 4.72 Å². The maximum atomic E-state index is 12.8. The average Bonchev–Trinajstić information content (AvgIpc) is 3.05. The molecule has 4 rings (SSSR count). The number of benzene rings is 3. The molecule has 4 aromatic rings. The molecule has 0 aliphatic carbocycles. The van der Waals surface area contributed by atoms with Crippen LogP contribution in [0.3, 0.4) is 0 Å². The lowest BCUT2D eigenvalue weighted by Crippen LogP contribution is -2.04. The summed E-state index contributed by atoms with van der Waals surface area (Å²) in [5, 5.41) is 1.51. The summed E-state index contributed by atoms with van der Waals surface area (Å²) in [5.41, 5.74) is 4.09. The third-order valence-electron chi connectivity index (χ3n) is 4.36. The van der Waals surface area contributed by atoms with E-state index in [1.165, 1.54) is 16.6 Å². The zero-order chi connectivity index (χ0) is 19.7. The predicted molar refractivity (Wildman–Crippen MR) is 120 cm³/mol. The number of hydrogen-bond donors (Lipinski definition) is 1. The molecule has 0 aliphatic heterocycles. The van der Waals surface area contributed by atoms with Gasteiger partial charge < -0.3 is 4.72 Å². The first-order valence-corrected chi connectivity index (χ1v) is 10.7. The van der Waals surface area contributed by atoms with Gasteiger partial charge in [0, 0.05) is 21.7 Å². The Kier molecular flexibility index (Phi) is 5.40. The second-order valence-corrected chi connectivity index (χ2v) is 8.93. The normalized spacial score (nSPS) is 11.0. The molecule has 0 spiro atoms. The smallest absolute Gasteiger partial charge is 0.194 e. The van der Waals surface area contributed by atoms with Gasteiger partial charge in [0.05, 0.1) is 20.2 Å². The van der Waals surface area contributed by atoms with Crippen LogP contribution in [0, 0.1) is 13.8 Å². The van der Waals surface area contributed by atoms with Gasteiger partial charge >= 0.3 is 0 Å². The fourth-order valence-electron chi connectivity index (χ4n) is 2.94. The van der Waals surface area contributed by atoms with Gasteiger partial charge in [-0.2, -0.15) is 0 Å². The highest BCUT2D eigenvalue weighted by Gasteiger charge is 2.15. The molecule has 1 heterocycles. The molecule has 3 nitrogen and oxygen atoms in total. The van der Waals surface area contributed by atoms with Crippen LogP contribution in [0.1, 0.15) is 26.5 Å². The van der Waals surface area contributed by atoms with E-state index in [4.69, 9.17) is 11.6 Å². The van der Waals surface area contributed by atoms with Crippen LogP contribution in [0.15, 0.2) is 65.6 Å². The van der Waals surface area contributed by atoms with E-state index in [9.17, 15) is 4.79 Å². The number of aryl methyl sites for hydroxylation is 2. The molecule has 0 saturated heterocycles. The predicted octanol–water partition coefficient (Wildman–Crippen LogP) is 6.92. The van der Waals surface area contributed by atoms with E-state index in [2.05, 4.69) is 15.8 Å². The summed E-state index contributed by atoms with van der Waals surface area (Å²) in [6, 6.07) is 19.2. The number of rotatable bonds is 5. The number of fused-ring (bicyclic) bond motifs is 1. The van der Waals surface area contributed by atoms with Crippen LogP contribution in [-0.2, 0) is 0 Å². The Labute approximate surface area is 176 Å². The van der Waals surface area contributed by atoms with E-state index in [1.807, 2.05) is 62.4 Å². The van der Waals surface area contributed by atoms with Crippen molar-refractivity contribution in [1.82, 2.24) is 4.98 Å². The highest BCUT2D eigenvalue weighted by Crippen LogP contribution is 2.30. The van der Waals surface area contributed by atoms with Crippen molar-refractivity contribution in [2.45, 2.75) is 18.7 Å². The van der Waals surface area contributed by atoms with Gasteiger partial charge in [0.25, 0.3) is 0 Å². The van der Waals surface area contributed by atoms with Crippen LogP contribution < -0.4 is 4.72 Å². The van der Waals surface area contributed by atoms with Gasteiger partial charge in [-0.1, -0.05) is 35.9 Å². The SMILES string of the molecule is Cc1nc2cc(NSc3ccc(C(=O)c4ccccc4C)c(Cl)c3)ccc2s1. The van der Waals surface area contributed by atoms with Crippen molar-refractivity contribution >= 4 is 56.6 Å². The molecule has 1 N–H and O–H groups in total. The molecule has 0 radical (unpaired) electrons. The summed E-state index contributed by atoms with van der Waals surface area (Å²) in [7, 11) is 0. The van der Waals surface area contributed by atoms with Crippen molar-refractivity contribution in [3.8, 4) is 0 Å². The van der Waals surface area contributed by atoms with E-state index in [0.717, 1.165) is 26.7 Å². The number of hydrogen-bond acceptors (Lipinski definition) is 5. The van der Waals surface area contributed by atoms with Crippen molar-refractivity contribution in [2.24, 2.45) is 0 Å². The zero-order valence-electron chi connectivity index (χ0n) is 15.3. The average molecular weight is 425 g/mol. The van der Waals surface area contributed by atoms with Gasteiger partial charge in [-0.05, 0) is 67.8 Å². The largest absolute Gasteiger partial charge is 0.326 e. The quantitative estimate of drug-likeness (QED) is 0.279. The zero-order valence-corrected chi connectivity index (χ0v) is 17.7. The van der Waals surface area contributed by atoms with Crippen LogP contribution in [0.5, 0.6) is 0 Å². The number of halogens is 1. The van der Waals surface area contributed by atoms with E-state index in [-0.39, 0.29) is 5.78 Å². The minimum atomic E-state index is -0.0584. The van der Waals surface area contributed by atoms with Crippen molar-refractivity contribution in [1.29, 1.82) is 0 Å². The van der Waals surface area contributed by atoms with Gasteiger partial charge in [-0.3, -0.25) is 4.79 Å². The Morgan fingerprint density at radius 2 is 1.86 bits per heavy atom. The third kappa shape index (κ3) is 3.92. The van der Waals surface area contributed by atoms with Crippen LogP contribution in [0.4, 0.5) is 5.69 Å². The molecule has 0 bridgehead atoms. The van der Waals surface area contributed by atoms with Crippen LogP contribution in [0.2, 0.25) is 5.02 Å². The molecule has 1 aromatic heterocycles. The fourth-order valence-corrected chi connectivity index (χ4v) is 4.75. The summed E-state index contributed by atoms with van der Waals surface area (Å²) in [6.45, 7) is 3.93. The number of thiazole rings is 1. The van der Waals surface area contributed by atoms with Gasteiger partial charge in [0.2, 0.25) is 0 Å². The second kappa shape index (κ2) is 7.95. The summed E-state index contributed by atoms with van der Waals surface area (Å²) in [5.74, 6) is -0.0584. The van der Waals surface area contributed by atoms with Gasteiger partial charge in [-0.25, -0.2) is 4.98 Å². The lowest BCUT2D eigenvalue weighted by Gasteiger charge is -2.09. The van der Waals surface area contributed by atoms with Crippen LogP contribution >= 0.6 is 34.9 Å². The maximum Gasteiger partial charge on any atom is 0.194 e. The summed E-state index contributed by atoms with van der Waals surface area (Å²) in [4.78, 5) is 18.2. The van der Waals surface area contributed by atoms with E-state index >= 15 is 0 Å². The number of carbonyl (C=O) groups is 1. The molecule has 28 heavy (non-hydrogen) atoms. The first-order valence-electron chi connectivity index (χ1n) is 8.71. The van der Waals surface area contributed by atoms with Gasteiger partial charge in [-0.15, -0.1) is 11.3 Å². The Morgan fingerprint density at radius 1 is 1.04 bits per heavy atom.